The number of hydrogen-bond acceptors (Lipinski definition) is 6. The van der Waals surface area contributed by atoms with E-state index in [1.54, 1.807) is 0 Å². The number of aromatic nitrogens is 5. The number of rotatable bonds is 7. The second kappa shape index (κ2) is 17.1. The van der Waals surface area contributed by atoms with Crippen LogP contribution in [0.25, 0.3) is 155 Å². The highest BCUT2D eigenvalue weighted by molar-refractivity contribution is 6.25. The van der Waals surface area contributed by atoms with E-state index in [9.17, 15) is 5.26 Å². The van der Waals surface area contributed by atoms with Crippen LogP contribution in [0.3, 0.4) is 0 Å². The maximum atomic E-state index is 9.80. The van der Waals surface area contributed by atoms with E-state index in [-0.39, 0.29) is 0 Å². The fourth-order valence-corrected chi connectivity index (χ4v) is 11.9. The monoisotopic (exact) mass is 996 g/mol. The van der Waals surface area contributed by atoms with Crippen molar-refractivity contribution in [3.63, 3.8) is 0 Å². The molecule has 0 radical (unpaired) electrons. The van der Waals surface area contributed by atoms with Crippen molar-refractivity contribution in [3.05, 3.63) is 248 Å². The van der Waals surface area contributed by atoms with E-state index >= 15 is 0 Å². The lowest BCUT2D eigenvalue weighted by atomic mass is 9.94. The zero-order valence-corrected chi connectivity index (χ0v) is 41.6. The summed E-state index contributed by atoms with van der Waals surface area (Å²) in [6, 6.07) is 86.2. The van der Waals surface area contributed by atoms with Gasteiger partial charge in [-0.3, -0.25) is 0 Å². The lowest BCUT2D eigenvalue weighted by molar-refractivity contribution is 0.672. The van der Waals surface area contributed by atoms with Crippen LogP contribution in [-0.2, 0) is 0 Å². The summed E-state index contributed by atoms with van der Waals surface area (Å²) in [6.07, 6.45) is 0. The number of benzene rings is 11. The largest absolute Gasteiger partial charge is 0.455 e. The molecule has 0 saturated carbocycles. The van der Waals surface area contributed by atoms with Gasteiger partial charge in [0.1, 0.15) is 22.3 Å². The molecular weight excluding hydrogens is 957 g/mol. The molecule has 16 rings (SSSR count). The van der Waals surface area contributed by atoms with E-state index in [1.807, 2.05) is 109 Å². The lowest BCUT2D eigenvalue weighted by Crippen LogP contribution is -2.04. The molecule has 362 valence electrons. The number of para-hydroxylation sites is 4. The van der Waals surface area contributed by atoms with Crippen LogP contribution in [0.5, 0.6) is 0 Å². The molecule has 5 aromatic heterocycles. The van der Waals surface area contributed by atoms with E-state index < -0.39 is 0 Å². The molecule has 16 aromatic rings. The van der Waals surface area contributed by atoms with E-state index in [0.717, 1.165) is 138 Å². The highest BCUT2D eigenvalue weighted by atomic mass is 16.3. The predicted octanol–water partition coefficient (Wildman–Crippen LogP) is 18.1. The Morgan fingerprint density at radius 1 is 0.321 bits per heavy atom. The van der Waals surface area contributed by atoms with Gasteiger partial charge in [0, 0.05) is 54.6 Å². The average Bonchev–Trinajstić information content (AvgIpc) is 4.45. The number of nitrogens with zero attached hydrogens (tertiary/aromatic N) is 6. The minimum atomic E-state index is 0.518. The van der Waals surface area contributed by atoms with Crippen molar-refractivity contribution < 1.29 is 8.83 Å². The number of nitriles is 1. The van der Waals surface area contributed by atoms with Crippen LogP contribution in [0.15, 0.2) is 251 Å². The third-order valence-electron chi connectivity index (χ3n) is 15.4. The smallest absolute Gasteiger partial charge is 0.166 e. The van der Waals surface area contributed by atoms with Crippen LogP contribution in [0.1, 0.15) is 5.56 Å². The second-order valence-electron chi connectivity index (χ2n) is 19.8. The SMILES string of the molecule is N#Cc1ccc(-c2ccc(-n3c4ccccc4c4c5oc6ccccc6c5ccc43)c(-c3ccc(-n4c5ccccc5c5c6oc7ccccc7c6ccc54)c(-c4nc(-c5ccccc5)nc(-c5ccccc5)n4)c3)c2)cc1. The minimum absolute atomic E-state index is 0.518. The molecule has 0 aliphatic carbocycles. The number of furan rings is 2. The minimum Gasteiger partial charge on any atom is -0.455 e. The highest BCUT2D eigenvalue weighted by Gasteiger charge is 2.25. The van der Waals surface area contributed by atoms with Gasteiger partial charge < -0.3 is 18.0 Å². The summed E-state index contributed by atoms with van der Waals surface area (Å²) < 4.78 is 18.3. The highest BCUT2D eigenvalue weighted by Crippen LogP contribution is 2.46. The Labute approximate surface area is 445 Å². The fraction of sp³-hybridized carbons (Fsp3) is 0. The zero-order valence-electron chi connectivity index (χ0n) is 41.6. The van der Waals surface area contributed by atoms with E-state index in [0.29, 0.717) is 23.0 Å². The second-order valence-corrected chi connectivity index (χ2v) is 19.8. The molecule has 0 spiro atoms. The van der Waals surface area contributed by atoms with Crippen LogP contribution in [0, 0.1) is 11.3 Å². The average molecular weight is 997 g/mol. The Balaban J connectivity index is 1.01. The van der Waals surface area contributed by atoms with E-state index in [2.05, 4.69) is 149 Å². The molecule has 0 bridgehead atoms. The maximum absolute atomic E-state index is 9.80. The molecule has 0 saturated heterocycles. The van der Waals surface area contributed by atoms with Gasteiger partial charge in [0.05, 0.1) is 55.8 Å². The van der Waals surface area contributed by atoms with E-state index in [1.165, 1.54) is 0 Å². The van der Waals surface area contributed by atoms with Gasteiger partial charge in [-0.1, -0.05) is 158 Å². The van der Waals surface area contributed by atoms with Gasteiger partial charge in [-0.25, -0.2) is 15.0 Å². The van der Waals surface area contributed by atoms with Crippen LogP contribution in [-0.4, -0.2) is 24.1 Å². The van der Waals surface area contributed by atoms with Gasteiger partial charge in [-0.05, 0) is 102 Å². The normalized spacial score (nSPS) is 11.8. The van der Waals surface area contributed by atoms with Gasteiger partial charge in [0.25, 0.3) is 0 Å². The van der Waals surface area contributed by atoms with Crippen LogP contribution < -0.4 is 0 Å². The maximum Gasteiger partial charge on any atom is 0.166 e. The molecule has 0 aliphatic heterocycles. The van der Waals surface area contributed by atoms with Crippen LogP contribution >= 0.6 is 0 Å². The van der Waals surface area contributed by atoms with Crippen LogP contribution in [0.4, 0.5) is 0 Å². The molecule has 8 nitrogen and oxygen atoms in total. The Bertz CT molecular complexity index is 5100. The third kappa shape index (κ3) is 6.62. The predicted molar refractivity (Wildman–Crippen MR) is 315 cm³/mol. The summed E-state index contributed by atoms with van der Waals surface area (Å²) in [5.74, 6) is 1.64. The van der Waals surface area contributed by atoms with Crippen LogP contribution in [0.2, 0.25) is 0 Å². The van der Waals surface area contributed by atoms with Gasteiger partial charge in [0.2, 0.25) is 0 Å². The molecule has 0 unspecified atom stereocenters. The summed E-state index contributed by atoms with van der Waals surface area (Å²) in [6.45, 7) is 0. The molecule has 78 heavy (non-hydrogen) atoms. The number of fused-ring (bicyclic) bond motifs is 14. The molecule has 0 amide bonds. The Morgan fingerprint density at radius 3 is 1.29 bits per heavy atom. The van der Waals surface area contributed by atoms with Crippen molar-refractivity contribution in [1.29, 1.82) is 5.26 Å². The lowest BCUT2D eigenvalue weighted by Gasteiger charge is -2.19. The summed E-state index contributed by atoms with van der Waals surface area (Å²) in [4.78, 5) is 16.0. The summed E-state index contributed by atoms with van der Waals surface area (Å²) in [5.41, 5.74) is 16.4. The number of hydrogen-bond donors (Lipinski definition) is 0. The van der Waals surface area contributed by atoms with Crippen molar-refractivity contribution in [3.8, 4) is 73.9 Å². The van der Waals surface area contributed by atoms with Gasteiger partial charge in [-0.2, -0.15) is 5.26 Å². The zero-order chi connectivity index (χ0) is 51.4. The molecule has 0 N–H and O–H groups in total. The molecule has 0 aliphatic rings. The van der Waals surface area contributed by atoms with Gasteiger partial charge in [-0.15, -0.1) is 0 Å². The molecule has 5 heterocycles. The molecular formula is C70H40N6O2. The summed E-state index contributed by atoms with van der Waals surface area (Å²) in [5, 5.41) is 18.3. The topological polar surface area (TPSA) is 98.6 Å². The van der Waals surface area contributed by atoms with E-state index in [4.69, 9.17) is 23.8 Å². The Kier molecular flexibility index (Phi) is 9.53. The molecule has 0 atom stereocenters. The Morgan fingerprint density at radius 2 is 0.756 bits per heavy atom. The molecule has 8 heteroatoms. The first-order chi connectivity index (χ1) is 38.6. The Hall–Kier alpha value is -10.9. The van der Waals surface area contributed by atoms with Crippen molar-refractivity contribution >= 4 is 87.5 Å². The fourth-order valence-electron chi connectivity index (χ4n) is 11.9. The van der Waals surface area contributed by atoms with Gasteiger partial charge >= 0.3 is 0 Å². The van der Waals surface area contributed by atoms with Crippen molar-refractivity contribution in [2.45, 2.75) is 0 Å². The summed E-state index contributed by atoms with van der Waals surface area (Å²) >= 11 is 0. The standard InChI is InChI=1S/C70H40N6O2/c71-41-42-27-29-43(30-28-42)46-31-35-58(75-56-23-11-7-21-52(56)64-60(75)37-33-50-48-19-9-13-25-62(48)77-66(50)64)54(39-46)47-32-36-59(55(40-47)70-73-68(44-15-3-1-4-16-44)72-69(74-70)45-17-5-2-6-18-45)76-57-24-12-8-22-53(57)65-61(76)38-34-51-49-20-10-14-26-63(49)78-67(51)65/h1-40H. The van der Waals surface area contributed by atoms with Crippen molar-refractivity contribution in [1.82, 2.24) is 24.1 Å². The third-order valence-corrected chi connectivity index (χ3v) is 15.4. The first-order valence-electron chi connectivity index (χ1n) is 26.0. The first-order valence-corrected chi connectivity index (χ1v) is 26.0. The van der Waals surface area contributed by atoms with Crippen molar-refractivity contribution in [2.75, 3.05) is 0 Å². The van der Waals surface area contributed by atoms with Gasteiger partial charge in [0.15, 0.2) is 17.5 Å². The molecule has 11 aromatic carbocycles. The quantitative estimate of drug-likeness (QED) is 0.158. The first kappa shape index (κ1) is 43.5. The summed E-state index contributed by atoms with van der Waals surface area (Å²) in [7, 11) is 0. The molecule has 0 fully saturated rings. The van der Waals surface area contributed by atoms with Crippen molar-refractivity contribution in [2.24, 2.45) is 0 Å².